The second-order valence-electron chi connectivity index (χ2n) is 9.44. The van der Waals surface area contributed by atoms with Gasteiger partial charge in [-0.3, -0.25) is 24.0 Å². The van der Waals surface area contributed by atoms with Crippen molar-refractivity contribution < 1.29 is 24.0 Å². The number of nitrogens with one attached hydrogen (secondary N) is 5. The zero-order valence-electron chi connectivity index (χ0n) is 20.1. The molecule has 4 amide bonds. The van der Waals surface area contributed by atoms with Gasteiger partial charge in [0.05, 0.1) is 23.6 Å². The van der Waals surface area contributed by atoms with E-state index in [4.69, 9.17) is 0 Å². The number of carbonyl (C=O) groups excluding carboxylic acids is 5. The first-order chi connectivity index (χ1) is 17.4. The van der Waals surface area contributed by atoms with Crippen LogP contribution in [0.5, 0.6) is 0 Å². The number of amides is 4. The van der Waals surface area contributed by atoms with Gasteiger partial charge in [0, 0.05) is 18.5 Å². The van der Waals surface area contributed by atoms with Gasteiger partial charge in [-0.15, -0.1) is 0 Å². The summed E-state index contributed by atoms with van der Waals surface area (Å²) in [4.78, 5) is 70.2. The largest absolute Gasteiger partial charge is 0.356 e. The van der Waals surface area contributed by atoms with Gasteiger partial charge in [0.2, 0.25) is 17.6 Å². The highest BCUT2D eigenvalue weighted by atomic mass is 16.2. The molecule has 36 heavy (non-hydrogen) atoms. The first-order valence-corrected chi connectivity index (χ1v) is 12.6. The lowest BCUT2D eigenvalue weighted by molar-refractivity contribution is -0.141. The number of H-pyrrole nitrogens is 1. The van der Waals surface area contributed by atoms with E-state index in [2.05, 4.69) is 31.2 Å². The number of fused-ring (bicyclic) bond motifs is 1. The van der Waals surface area contributed by atoms with E-state index < -0.39 is 42.0 Å². The fraction of sp³-hybridized carbons (Fsp3) is 0.520. The molecule has 1 saturated heterocycles. The molecule has 2 unspecified atom stereocenters. The number of rotatable bonds is 9. The summed E-state index contributed by atoms with van der Waals surface area (Å²) >= 11 is 0. The fourth-order valence-electron chi connectivity index (χ4n) is 4.79. The smallest absolute Gasteiger partial charge is 0.289 e. The third-order valence-corrected chi connectivity index (χ3v) is 6.75. The Hall–Kier alpha value is -3.76. The summed E-state index contributed by atoms with van der Waals surface area (Å²) in [6, 6.07) is 5.91. The average Bonchev–Trinajstić information content (AvgIpc) is 3.33. The molecule has 11 heteroatoms. The zero-order valence-corrected chi connectivity index (χ0v) is 20.1. The van der Waals surface area contributed by atoms with Gasteiger partial charge >= 0.3 is 0 Å². The van der Waals surface area contributed by atoms with E-state index in [1.54, 1.807) is 18.2 Å². The number of aromatic nitrogens is 2. The number of carbonyl (C=O) groups is 5. The molecule has 2 fully saturated rings. The normalized spacial score (nSPS) is 19.2. The van der Waals surface area contributed by atoms with Gasteiger partial charge in [0.1, 0.15) is 0 Å². The van der Waals surface area contributed by atoms with E-state index in [0.717, 1.165) is 38.5 Å². The number of aromatic amines is 1. The van der Waals surface area contributed by atoms with E-state index >= 15 is 0 Å². The van der Waals surface area contributed by atoms with Gasteiger partial charge in [-0.05, 0) is 44.2 Å². The van der Waals surface area contributed by atoms with Gasteiger partial charge in [0.15, 0.2) is 5.82 Å². The van der Waals surface area contributed by atoms with Crippen LogP contribution in [0.15, 0.2) is 24.3 Å². The Morgan fingerprint density at radius 1 is 1.03 bits per heavy atom. The predicted molar refractivity (Wildman–Crippen MR) is 131 cm³/mol. The Morgan fingerprint density at radius 3 is 2.56 bits per heavy atom. The van der Waals surface area contributed by atoms with Gasteiger partial charge in [-0.2, -0.15) is 0 Å². The van der Waals surface area contributed by atoms with Crippen molar-refractivity contribution in [3.63, 3.8) is 0 Å². The molecule has 2 heterocycles. The average molecular weight is 497 g/mol. The maximum absolute atomic E-state index is 13.0. The Kier molecular flexibility index (Phi) is 8.29. The van der Waals surface area contributed by atoms with Crippen LogP contribution in [0, 0.1) is 5.92 Å². The molecule has 1 aromatic heterocycles. The Morgan fingerprint density at radius 2 is 1.81 bits per heavy atom. The molecule has 11 nitrogen and oxygen atoms in total. The maximum Gasteiger partial charge on any atom is 0.289 e. The fourth-order valence-corrected chi connectivity index (χ4v) is 4.79. The Bertz CT molecular complexity index is 1110. The van der Waals surface area contributed by atoms with Crippen LogP contribution in [-0.4, -0.2) is 64.6 Å². The second-order valence-corrected chi connectivity index (χ2v) is 9.44. The third-order valence-electron chi connectivity index (χ3n) is 6.75. The van der Waals surface area contributed by atoms with Crippen molar-refractivity contribution in [2.75, 3.05) is 13.1 Å². The van der Waals surface area contributed by atoms with Crippen LogP contribution in [-0.2, 0) is 19.2 Å². The molecule has 0 bridgehead atoms. The lowest BCUT2D eigenvalue weighted by Gasteiger charge is -2.27. The van der Waals surface area contributed by atoms with Crippen LogP contribution in [0.4, 0.5) is 0 Å². The maximum atomic E-state index is 13.0. The van der Waals surface area contributed by atoms with E-state index in [0.29, 0.717) is 24.0 Å². The molecule has 192 valence electrons. The van der Waals surface area contributed by atoms with Crippen LogP contribution in [0.25, 0.3) is 11.0 Å². The number of benzene rings is 1. The molecule has 1 saturated carbocycles. The molecular formula is C25H32N6O5. The molecule has 4 rings (SSSR count). The van der Waals surface area contributed by atoms with Crippen molar-refractivity contribution in [2.45, 2.75) is 63.5 Å². The minimum Gasteiger partial charge on any atom is -0.356 e. The number of hydrogen-bond donors (Lipinski definition) is 5. The number of para-hydroxylation sites is 2. The third kappa shape index (κ3) is 6.46. The van der Waals surface area contributed by atoms with Crippen LogP contribution in [0.2, 0.25) is 0 Å². The summed E-state index contributed by atoms with van der Waals surface area (Å²) in [6.45, 7) is 0.150. The number of hydrogen-bond acceptors (Lipinski definition) is 6. The van der Waals surface area contributed by atoms with Crippen molar-refractivity contribution >= 4 is 40.4 Å². The number of ketones is 1. The summed E-state index contributed by atoms with van der Waals surface area (Å²) < 4.78 is 0. The van der Waals surface area contributed by atoms with Crippen LogP contribution < -0.4 is 21.3 Å². The van der Waals surface area contributed by atoms with Crippen LogP contribution >= 0.6 is 0 Å². The lowest BCUT2D eigenvalue weighted by atomic mass is 9.89. The molecule has 2 aromatic rings. The Labute approximate surface area is 208 Å². The molecule has 2 atom stereocenters. The summed E-state index contributed by atoms with van der Waals surface area (Å²) in [5.74, 6) is -3.38. The number of nitrogens with zero attached hydrogens (tertiary/aromatic N) is 1. The summed E-state index contributed by atoms with van der Waals surface area (Å²) in [6.07, 6.45) is 6.07. The molecular weight excluding hydrogens is 464 g/mol. The highest BCUT2D eigenvalue weighted by Crippen LogP contribution is 2.20. The molecule has 2 aliphatic rings. The van der Waals surface area contributed by atoms with Crippen LogP contribution in [0.3, 0.4) is 0 Å². The van der Waals surface area contributed by atoms with Crippen molar-refractivity contribution in [3.05, 3.63) is 30.1 Å². The minimum absolute atomic E-state index is 0.0199. The Balaban J connectivity index is 1.37. The van der Waals surface area contributed by atoms with E-state index in [9.17, 15) is 24.0 Å². The molecule has 0 radical (unpaired) electrons. The first-order valence-electron chi connectivity index (χ1n) is 12.6. The summed E-state index contributed by atoms with van der Waals surface area (Å²) in [5.41, 5.74) is 1.31. The van der Waals surface area contributed by atoms with Crippen molar-refractivity contribution in [2.24, 2.45) is 5.92 Å². The predicted octanol–water partition coefficient (Wildman–Crippen LogP) is 0.712. The van der Waals surface area contributed by atoms with E-state index in [1.165, 1.54) is 0 Å². The topological polar surface area (TPSA) is 162 Å². The first kappa shape index (κ1) is 25.3. The highest BCUT2D eigenvalue weighted by molar-refractivity contribution is 6.38. The number of piperidine rings is 1. The SMILES string of the molecule is O=C(CNC(=O)c1nc2ccccc2[nH]1)NC(CC1CCCNC1=O)C(=O)C(=O)NC1CCCCC1. The quantitative estimate of drug-likeness (QED) is 0.321. The van der Waals surface area contributed by atoms with Gasteiger partial charge < -0.3 is 26.3 Å². The van der Waals surface area contributed by atoms with Gasteiger partial charge in [0.25, 0.3) is 11.8 Å². The molecule has 5 N–H and O–H groups in total. The van der Waals surface area contributed by atoms with Crippen molar-refractivity contribution in [3.8, 4) is 0 Å². The van der Waals surface area contributed by atoms with Gasteiger partial charge in [-0.1, -0.05) is 31.4 Å². The van der Waals surface area contributed by atoms with E-state index in [1.807, 2.05) is 6.07 Å². The second kappa shape index (κ2) is 11.8. The summed E-state index contributed by atoms with van der Waals surface area (Å²) in [7, 11) is 0. The molecule has 1 aliphatic carbocycles. The van der Waals surface area contributed by atoms with E-state index in [-0.39, 0.29) is 24.2 Å². The minimum atomic E-state index is -1.17. The monoisotopic (exact) mass is 496 g/mol. The van der Waals surface area contributed by atoms with Gasteiger partial charge in [-0.25, -0.2) is 4.98 Å². The standard InChI is InChI=1S/C25H32N6O5/c32-20(14-27-25(36)22-30-17-10-4-5-11-18(17)31-22)29-19(13-15-7-6-12-26-23(15)34)21(33)24(35)28-16-8-2-1-3-9-16/h4-5,10-11,15-16,19H,1-3,6-9,12-14H2,(H,26,34)(H,27,36)(H,28,35)(H,29,32)(H,30,31). The molecule has 1 aliphatic heterocycles. The number of Topliss-reactive ketones (excluding diaryl/α,β-unsaturated/α-hetero) is 1. The van der Waals surface area contributed by atoms with Crippen molar-refractivity contribution in [1.29, 1.82) is 0 Å². The molecule has 1 aromatic carbocycles. The lowest BCUT2D eigenvalue weighted by Crippen LogP contribution is -2.53. The summed E-state index contributed by atoms with van der Waals surface area (Å²) in [5, 5.41) is 10.6. The van der Waals surface area contributed by atoms with Crippen LogP contribution in [0.1, 0.15) is 62.0 Å². The molecule has 0 spiro atoms. The number of imidazole rings is 1. The zero-order chi connectivity index (χ0) is 25.5. The van der Waals surface area contributed by atoms with Crippen molar-refractivity contribution in [1.82, 2.24) is 31.2 Å². The highest BCUT2D eigenvalue weighted by Gasteiger charge is 2.34.